The van der Waals surface area contributed by atoms with Gasteiger partial charge in [-0.2, -0.15) is 9.61 Å². The summed E-state index contributed by atoms with van der Waals surface area (Å²) in [4.78, 5) is 20.9. The van der Waals surface area contributed by atoms with Gasteiger partial charge in [0.25, 0.3) is 5.91 Å². The first kappa shape index (κ1) is 13.8. The molecular formula is C17H17N5O. The second-order valence-electron chi connectivity index (χ2n) is 5.55. The average Bonchev–Trinajstić information content (AvgIpc) is 3.11. The van der Waals surface area contributed by atoms with Crippen LogP contribution in [0.5, 0.6) is 0 Å². The number of aromatic nitrogens is 3. The van der Waals surface area contributed by atoms with E-state index < -0.39 is 0 Å². The van der Waals surface area contributed by atoms with Gasteiger partial charge in [0.15, 0.2) is 5.65 Å². The van der Waals surface area contributed by atoms with Crippen molar-refractivity contribution in [2.24, 2.45) is 0 Å². The molecule has 23 heavy (non-hydrogen) atoms. The number of carbonyl (C=O) groups excluding carboxylic acids is 1. The first-order valence-corrected chi connectivity index (χ1v) is 7.71. The van der Waals surface area contributed by atoms with Gasteiger partial charge in [0.2, 0.25) is 0 Å². The molecule has 1 aliphatic heterocycles. The summed E-state index contributed by atoms with van der Waals surface area (Å²) in [6.07, 6.45) is 3.55. The zero-order chi connectivity index (χ0) is 15.6. The Bertz CT molecular complexity index is 821. The normalized spacial score (nSPS) is 15.1. The number of hydrogen-bond donors (Lipinski definition) is 0. The summed E-state index contributed by atoms with van der Waals surface area (Å²) >= 11 is 0. The van der Waals surface area contributed by atoms with E-state index in [4.69, 9.17) is 0 Å². The van der Waals surface area contributed by atoms with E-state index in [1.54, 1.807) is 12.4 Å². The van der Waals surface area contributed by atoms with E-state index in [-0.39, 0.29) is 5.91 Å². The average molecular weight is 307 g/mol. The molecule has 0 aliphatic carbocycles. The molecule has 0 unspecified atom stereocenters. The van der Waals surface area contributed by atoms with E-state index >= 15 is 0 Å². The molecule has 0 N–H and O–H groups in total. The maximum absolute atomic E-state index is 12.5. The van der Waals surface area contributed by atoms with Gasteiger partial charge in [0.05, 0.1) is 6.20 Å². The standard InChI is InChI=1S/C17H17N5O/c23-17(14-4-2-1-3-5-14)21-12-10-20(11-13-21)16-7-8-18-15-6-9-19-22(15)16/h1-9H,10-13H2. The van der Waals surface area contributed by atoms with Gasteiger partial charge >= 0.3 is 0 Å². The number of rotatable bonds is 2. The van der Waals surface area contributed by atoms with Crippen LogP contribution in [0.15, 0.2) is 54.9 Å². The Morgan fingerprint density at radius 3 is 2.48 bits per heavy atom. The monoisotopic (exact) mass is 307 g/mol. The number of nitrogens with zero attached hydrogens (tertiary/aromatic N) is 5. The highest BCUT2D eigenvalue weighted by atomic mass is 16.2. The van der Waals surface area contributed by atoms with Crippen LogP contribution < -0.4 is 4.90 Å². The smallest absolute Gasteiger partial charge is 0.253 e. The topological polar surface area (TPSA) is 53.7 Å². The molecule has 1 amide bonds. The van der Waals surface area contributed by atoms with Crippen molar-refractivity contribution in [3.63, 3.8) is 0 Å². The van der Waals surface area contributed by atoms with Crippen molar-refractivity contribution in [3.05, 3.63) is 60.4 Å². The van der Waals surface area contributed by atoms with Crippen LogP contribution in [0.25, 0.3) is 5.65 Å². The molecule has 0 saturated carbocycles. The molecular weight excluding hydrogens is 290 g/mol. The Morgan fingerprint density at radius 2 is 1.70 bits per heavy atom. The lowest BCUT2D eigenvalue weighted by Gasteiger charge is -2.36. The Balaban J connectivity index is 1.49. The molecule has 2 aromatic heterocycles. The summed E-state index contributed by atoms with van der Waals surface area (Å²) < 4.78 is 1.84. The van der Waals surface area contributed by atoms with Crippen molar-refractivity contribution in [1.82, 2.24) is 19.5 Å². The van der Waals surface area contributed by atoms with Gasteiger partial charge in [-0.15, -0.1) is 0 Å². The van der Waals surface area contributed by atoms with E-state index in [1.807, 2.05) is 51.9 Å². The Labute approximate surface area is 134 Å². The lowest BCUT2D eigenvalue weighted by molar-refractivity contribution is 0.0746. The first-order valence-electron chi connectivity index (χ1n) is 7.71. The third kappa shape index (κ3) is 2.52. The summed E-state index contributed by atoms with van der Waals surface area (Å²) in [5, 5.41) is 4.33. The lowest BCUT2D eigenvalue weighted by atomic mass is 10.2. The van der Waals surface area contributed by atoms with Crippen LogP contribution in [0.1, 0.15) is 10.4 Å². The van der Waals surface area contributed by atoms with Crippen molar-refractivity contribution in [2.45, 2.75) is 0 Å². The number of amides is 1. The summed E-state index contributed by atoms with van der Waals surface area (Å²) in [5.74, 6) is 1.12. The first-order chi connectivity index (χ1) is 11.3. The largest absolute Gasteiger partial charge is 0.353 e. The quantitative estimate of drug-likeness (QED) is 0.723. The number of fused-ring (bicyclic) bond motifs is 1. The van der Waals surface area contributed by atoms with Gasteiger partial charge in [0, 0.05) is 44.0 Å². The highest BCUT2D eigenvalue weighted by Crippen LogP contribution is 2.17. The van der Waals surface area contributed by atoms with Crippen LogP contribution in [0.4, 0.5) is 5.82 Å². The molecule has 6 heteroatoms. The molecule has 1 aromatic carbocycles. The lowest BCUT2D eigenvalue weighted by Crippen LogP contribution is -2.49. The molecule has 1 fully saturated rings. The van der Waals surface area contributed by atoms with Gasteiger partial charge in [-0.1, -0.05) is 18.2 Å². The molecule has 0 bridgehead atoms. The van der Waals surface area contributed by atoms with Crippen LogP contribution in [0, 0.1) is 0 Å². The van der Waals surface area contributed by atoms with Crippen molar-refractivity contribution in [1.29, 1.82) is 0 Å². The fraction of sp³-hybridized carbons (Fsp3) is 0.235. The van der Waals surface area contributed by atoms with E-state index in [1.165, 1.54) is 0 Å². The summed E-state index contributed by atoms with van der Waals surface area (Å²) in [5.41, 5.74) is 1.59. The molecule has 0 spiro atoms. The van der Waals surface area contributed by atoms with E-state index in [2.05, 4.69) is 15.0 Å². The summed E-state index contributed by atoms with van der Waals surface area (Å²) in [7, 11) is 0. The van der Waals surface area contributed by atoms with Crippen LogP contribution in [-0.4, -0.2) is 51.6 Å². The van der Waals surface area contributed by atoms with E-state index in [0.717, 1.165) is 30.1 Å². The molecule has 0 radical (unpaired) electrons. The van der Waals surface area contributed by atoms with E-state index in [9.17, 15) is 4.79 Å². The van der Waals surface area contributed by atoms with Gasteiger partial charge < -0.3 is 9.80 Å². The summed E-state index contributed by atoms with van der Waals surface area (Å²) in [6.45, 7) is 2.99. The Kier molecular flexibility index (Phi) is 3.42. The van der Waals surface area contributed by atoms with Crippen LogP contribution in [0.3, 0.4) is 0 Å². The highest BCUT2D eigenvalue weighted by Gasteiger charge is 2.23. The van der Waals surface area contributed by atoms with Crippen LogP contribution in [0.2, 0.25) is 0 Å². The van der Waals surface area contributed by atoms with Gasteiger partial charge in [0.1, 0.15) is 5.82 Å². The minimum absolute atomic E-state index is 0.101. The SMILES string of the molecule is O=C(c1ccccc1)N1CCN(c2ccnc3ccnn23)CC1. The number of carbonyl (C=O) groups is 1. The predicted molar refractivity (Wildman–Crippen MR) is 87.5 cm³/mol. The molecule has 3 aromatic rings. The minimum Gasteiger partial charge on any atom is -0.353 e. The fourth-order valence-electron chi connectivity index (χ4n) is 2.96. The summed E-state index contributed by atoms with van der Waals surface area (Å²) in [6, 6.07) is 13.3. The predicted octanol–water partition coefficient (Wildman–Crippen LogP) is 1.69. The number of piperazine rings is 1. The molecule has 3 heterocycles. The molecule has 1 saturated heterocycles. The number of benzene rings is 1. The highest BCUT2D eigenvalue weighted by molar-refractivity contribution is 5.94. The number of anilines is 1. The molecule has 0 atom stereocenters. The third-order valence-corrected chi connectivity index (χ3v) is 4.18. The van der Waals surface area contributed by atoms with Crippen LogP contribution in [-0.2, 0) is 0 Å². The van der Waals surface area contributed by atoms with Crippen molar-refractivity contribution in [2.75, 3.05) is 31.1 Å². The van der Waals surface area contributed by atoms with Crippen LogP contribution >= 0.6 is 0 Å². The maximum Gasteiger partial charge on any atom is 0.253 e. The zero-order valence-electron chi connectivity index (χ0n) is 12.7. The van der Waals surface area contributed by atoms with Crippen molar-refractivity contribution >= 4 is 17.4 Å². The number of hydrogen-bond acceptors (Lipinski definition) is 4. The second-order valence-corrected chi connectivity index (χ2v) is 5.55. The van der Waals surface area contributed by atoms with Crippen molar-refractivity contribution in [3.8, 4) is 0 Å². The van der Waals surface area contributed by atoms with Gasteiger partial charge in [-0.05, 0) is 18.2 Å². The molecule has 1 aliphatic rings. The molecule has 6 nitrogen and oxygen atoms in total. The second kappa shape index (κ2) is 5.72. The molecule has 116 valence electrons. The Morgan fingerprint density at radius 1 is 0.913 bits per heavy atom. The van der Waals surface area contributed by atoms with Gasteiger partial charge in [-0.3, -0.25) is 4.79 Å². The van der Waals surface area contributed by atoms with Gasteiger partial charge in [-0.25, -0.2) is 4.98 Å². The maximum atomic E-state index is 12.5. The fourth-order valence-corrected chi connectivity index (χ4v) is 2.96. The zero-order valence-corrected chi connectivity index (χ0v) is 12.7. The minimum atomic E-state index is 0.101. The van der Waals surface area contributed by atoms with Crippen molar-refractivity contribution < 1.29 is 4.79 Å². The third-order valence-electron chi connectivity index (χ3n) is 4.18. The van der Waals surface area contributed by atoms with E-state index in [0.29, 0.717) is 13.1 Å². The molecule has 4 rings (SSSR count). The Hall–Kier alpha value is -2.89.